The van der Waals surface area contributed by atoms with Crippen LogP contribution in [0.3, 0.4) is 0 Å². The van der Waals surface area contributed by atoms with E-state index in [-0.39, 0.29) is 18.0 Å². The molecule has 0 aromatic carbocycles. The quantitative estimate of drug-likeness (QED) is 0.842. The Morgan fingerprint density at radius 3 is 2.38 bits per heavy atom. The fourth-order valence-electron chi connectivity index (χ4n) is 3.65. The van der Waals surface area contributed by atoms with Crippen molar-refractivity contribution in [2.45, 2.75) is 32.2 Å². The Morgan fingerprint density at radius 1 is 1.12 bits per heavy atom. The second kappa shape index (κ2) is 8.53. The van der Waals surface area contributed by atoms with E-state index in [0.29, 0.717) is 19.6 Å². The van der Waals surface area contributed by atoms with Gasteiger partial charge >= 0.3 is 6.03 Å². The molecule has 0 bridgehead atoms. The van der Waals surface area contributed by atoms with Crippen molar-refractivity contribution in [3.63, 3.8) is 0 Å². The third-order valence-electron chi connectivity index (χ3n) is 5.31. The van der Waals surface area contributed by atoms with E-state index in [4.69, 9.17) is 0 Å². The number of aromatic nitrogens is 2. The van der Waals surface area contributed by atoms with Gasteiger partial charge in [-0.3, -0.25) is 14.4 Å². The zero-order valence-corrected chi connectivity index (χ0v) is 15.9. The highest BCUT2D eigenvalue weighted by Crippen LogP contribution is 2.16. The van der Waals surface area contributed by atoms with Crippen LogP contribution in [0.2, 0.25) is 0 Å². The van der Waals surface area contributed by atoms with Crippen molar-refractivity contribution < 1.29 is 9.59 Å². The Hall–Kier alpha value is -2.09. The van der Waals surface area contributed by atoms with Crippen LogP contribution in [0.5, 0.6) is 0 Å². The van der Waals surface area contributed by atoms with E-state index in [1.807, 2.05) is 23.0 Å². The number of urea groups is 1. The number of nitrogens with one attached hydrogen (secondary N) is 1. The van der Waals surface area contributed by atoms with Gasteiger partial charge in [-0.15, -0.1) is 0 Å². The van der Waals surface area contributed by atoms with Gasteiger partial charge in [0.2, 0.25) is 5.91 Å². The average molecular weight is 362 g/mol. The number of rotatable bonds is 5. The normalized spacial score (nSPS) is 19.6. The number of hydrogen-bond donors (Lipinski definition) is 1. The monoisotopic (exact) mass is 362 g/mol. The third-order valence-corrected chi connectivity index (χ3v) is 5.31. The molecular formula is C18H30N6O2. The highest BCUT2D eigenvalue weighted by molar-refractivity contribution is 5.78. The lowest BCUT2D eigenvalue weighted by molar-refractivity contribution is -0.131. The molecule has 1 atom stereocenters. The van der Waals surface area contributed by atoms with E-state index in [1.165, 1.54) is 0 Å². The van der Waals surface area contributed by atoms with Gasteiger partial charge < -0.3 is 15.1 Å². The molecule has 1 aromatic heterocycles. The van der Waals surface area contributed by atoms with Crippen molar-refractivity contribution in [3.8, 4) is 0 Å². The van der Waals surface area contributed by atoms with Gasteiger partial charge in [-0.1, -0.05) is 6.92 Å². The van der Waals surface area contributed by atoms with Crippen molar-refractivity contribution >= 4 is 11.9 Å². The lowest BCUT2D eigenvalue weighted by Crippen LogP contribution is -2.53. The molecule has 0 unspecified atom stereocenters. The Labute approximate surface area is 155 Å². The summed E-state index contributed by atoms with van der Waals surface area (Å²) in [7, 11) is 1.88. The molecule has 0 spiro atoms. The largest absolute Gasteiger partial charge is 0.342 e. The van der Waals surface area contributed by atoms with Crippen molar-refractivity contribution in [2.75, 3.05) is 45.8 Å². The Bertz CT molecular complexity index is 617. The Balaban J connectivity index is 1.44. The van der Waals surface area contributed by atoms with Crippen molar-refractivity contribution in [1.29, 1.82) is 0 Å². The second-order valence-corrected chi connectivity index (χ2v) is 7.21. The molecule has 2 aliphatic rings. The molecule has 2 fully saturated rings. The lowest BCUT2D eigenvalue weighted by Gasteiger charge is -2.35. The fraction of sp³-hybridized carbons (Fsp3) is 0.722. The maximum atomic E-state index is 12.6. The van der Waals surface area contributed by atoms with Crippen molar-refractivity contribution in [1.82, 2.24) is 29.8 Å². The zero-order valence-electron chi connectivity index (χ0n) is 15.9. The summed E-state index contributed by atoms with van der Waals surface area (Å²) in [5.74, 6) is 0.225. The molecule has 3 amide bonds. The zero-order chi connectivity index (χ0) is 18.5. The molecule has 144 valence electrons. The second-order valence-electron chi connectivity index (χ2n) is 7.21. The van der Waals surface area contributed by atoms with Crippen LogP contribution in [0.15, 0.2) is 12.4 Å². The van der Waals surface area contributed by atoms with Crippen LogP contribution in [-0.2, 0) is 11.8 Å². The number of nitrogens with zero attached hydrogens (tertiary/aromatic N) is 5. The lowest BCUT2D eigenvalue weighted by atomic mass is 10.1. The number of carbonyl (C=O) groups is 2. The maximum Gasteiger partial charge on any atom is 0.317 e. The Kier molecular flexibility index (Phi) is 6.13. The summed E-state index contributed by atoms with van der Waals surface area (Å²) < 4.78 is 1.75. The molecule has 8 nitrogen and oxygen atoms in total. The summed E-state index contributed by atoms with van der Waals surface area (Å²) in [5.41, 5.74) is 1.03. The minimum Gasteiger partial charge on any atom is -0.342 e. The van der Waals surface area contributed by atoms with Gasteiger partial charge in [-0.2, -0.15) is 5.10 Å². The first kappa shape index (κ1) is 18.7. The maximum absolute atomic E-state index is 12.6. The fourth-order valence-corrected chi connectivity index (χ4v) is 3.65. The molecule has 0 aliphatic carbocycles. The number of likely N-dealkylation sites (tertiary alicyclic amines) is 1. The van der Waals surface area contributed by atoms with Gasteiger partial charge in [0.05, 0.1) is 18.8 Å². The van der Waals surface area contributed by atoms with Crippen LogP contribution in [0, 0.1) is 0 Å². The summed E-state index contributed by atoms with van der Waals surface area (Å²) in [6, 6.07) is -0.0582. The number of carbonyl (C=O) groups excluding carboxylic acids is 2. The molecule has 0 saturated carbocycles. The molecule has 2 saturated heterocycles. The van der Waals surface area contributed by atoms with E-state index < -0.39 is 0 Å². The summed E-state index contributed by atoms with van der Waals surface area (Å²) in [5, 5.41) is 7.29. The van der Waals surface area contributed by atoms with Crippen LogP contribution in [0.25, 0.3) is 0 Å². The molecule has 3 heterocycles. The molecule has 8 heteroatoms. The van der Waals surface area contributed by atoms with Gasteiger partial charge in [-0.25, -0.2) is 4.79 Å². The summed E-state index contributed by atoms with van der Waals surface area (Å²) >= 11 is 0. The van der Waals surface area contributed by atoms with Gasteiger partial charge in [0.25, 0.3) is 0 Å². The molecule has 2 aliphatic heterocycles. The third kappa shape index (κ3) is 4.55. The van der Waals surface area contributed by atoms with Crippen molar-refractivity contribution in [3.05, 3.63) is 18.0 Å². The van der Waals surface area contributed by atoms with Gasteiger partial charge in [0.15, 0.2) is 0 Å². The van der Waals surface area contributed by atoms with Crippen LogP contribution in [0.4, 0.5) is 4.79 Å². The SMILES string of the molecule is CC[C@@H](NC(=O)N1CCN(CC(=O)N2CCCC2)CC1)c1cnn(C)c1. The number of amides is 3. The number of aryl methyl sites for hydroxylation is 1. The highest BCUT2D eigenvalue weighted by Gasteiger charge is 2.26. The minimum absolute atomic E-state index is 0.0222. The standard InChI is InChI=1S/C18H30N6O2/c1-3-16(15-12-19-21(2)13-15)20-18(26)24-10-8-22(9-11-24)14-17(25)23-6-4-5-7-23/h12-13,16H,3-11,14H2,1-2H3,(H,20,26)/t16-/m1/s1. The van der Waals surface area contributed by atoms with E-state index in [9.17, 15) is 9.59 Å². The van der Waals surface area contributed by atoms with E-state index >= 15 is 0 Å². The van der Waals surface area contributed by atoms with Crippen molar-refractivity contribution in [2.24, 2.45) is 7.05 Å². The van der Waals surface area contributed by atoms with Gasteiger partial charge in [0, 0.05) is 58.1 Å². The van der Waals surface area contributed by atoms with E-state index in [2.05, 4.69) is 22.2 Å². The molecule has 1 aromatic rings. The first-order valence-corrected chi connectivity index (χ1v) is 9.61. The van der Waals surface area contributed by atoms with Gasteiger partial charge in [-0.05, 0) is 19.3 Å². The molecular weight excluding hydrogens is 332 g/mol. The molecule has 3 rings (SSSR count). The Morgan fingerprint density at radius 2 is 1.81 bits per heavy atom. The molecule has 1 N–H and O–H groups in total. The summed E-state index contributed by atoms with van der Waals surface area (Å²) in [4.78, 5) is 30.8. The van der Waals surface area contributed by atoms with Crippen LogP contribution in [0.1, 0.15) is 37.8 Å². The van der Waals surface area contributed by atoms with Crippen LogP contribution < -0.4 is 5.32 Å². The topological polar surface area (TPSA) is 73.7 Å². The first-order valence-electron chi connectivity index (χ1n) is 9.61. The van der Waals surface area contributed by atoms with E-state index in [1.54, 1.807) is 10.9 Å². The number of hydrogen-bond acceptors (Lipinski definition) is 4. The van der Waals surface area contributed by atoms with Crippen LogP contribution in [-0.4, -0.2) is 82.2 Å². The summed E-state index contributed by atoms with van der Waals surface area (Å²) in [6.45, 7) is 7.13. The minimum atomic E-state index is -0.0359. The smallest absolute Gasteiger partial charge is 0.317 e. The molecule has 0 radical (unpaired) electrons. The molecule has 26 heavy (non-hydrogen) atoms. The summed E-state index contributed by atoms with van der Waals surface area (Å²) in [6.07, 6.45) is 6.80. The number of piperazine rings is 1. The first-order chi connectivity index (χ1) is 12.6. The van der Waals surface area contributed by atoms with Crippen LogP contribution >= 0.6 is 0 Å². The highest BCUT2D eigenvalue weighted by atomic mass is 16.2. The average Bonchev–Trinajstić information content (AvgIpc) is 3.32. The van der Waals surface area contributed by atoms with Gasteiger partial charge in [0.1, 0.15) is 0 Å². The predicted octanol–water partition coefficient (Wildman–Crippen LogP) is 0.821. The predicted molar refractivity (Wildman–Crippen MR) is 98.6 cm³/mol. The van der Waals surface area contributed by atoms with E-state index in [0.717, 1.165) is 51.0 Å².